The highest BCUT2D eigenvalue weighted by molar-refractivity contribution is 9.11. The Hall–Kier alpha value is -0.730. The molecule has 0 spiro atoms. The Morgan fingerprint density at radius 3 is 2.79 bits per heavy atom. The zero-order valence-corrected chi connectivity index (χ0v) is 17.1. The van der Waals surface area contributed by atoms with Crippen molar-refractivity contribution < 1.29 is 13.8 Å². The summed E-state index contributed by atoms with van der Waals surface area (Å²) < 4.78 is 12.9. The molecule has 8 heteroatoms. The summed E-state index contributed by atoms with van der Waals surface area (Å²) in [5.41, 5.74) is 0. The van der Waals surface area contributed by atoms with Gasteiger partial charge < -0.3 is 10.2 Å². The van der Waals surface area contributed by atoms with Crippen molar-refractivity contribution in [1.29, 1.82) is 0 Å². The molecule has 2 rings (SSSR count). The lowest BCUT2D eigenvalue weighted by Gasteiger charge is -2.29. The Morgan fingerprint density at radius 1 is 1.42 bits per heavy atom. The fourth-order valence-electron chi connectivity index (χ4n) is 2.93. The van der Waals surface area contributed by atoms with Crippen molar-refractivity contribution in [2.75, 3.05) is 19.3 Å². The summed E-state index contributed by atoms with van der Waals surface area (Å²) in [6.45, 7) is 1.97. The molecule has 0 radical (unpaired) electrons. The number of hydrogen-bond donors (Lipinski definition) is 1. The molecule has 0 aliphatic heterocycles. The molecular formula is C16H23BrN2O3S2. The summed E-state index contributed by atoms with van der Waals surface area (Å²) in [5, 5.41) is 3.17. The van der Waals surface area contributed by atoms with Gasteiger partial charge in [-0.2, -0.15) is 0 Å². The van der Waals surface area contributed by atoms with Crippen molar-refractivity contribution in [3.8, 4) is 0 Å². The van der Waals surface area contributed by atoms with Crippen LogP contribution in [0, 0.1) is 0 Å². The number of halogens is 1. The van der Waals surface area contributed by atoms with Gasteiger partial charge in [0.15, 0.2) is 0 Å². The van der Waals surface area contributed by atoms with Crippen molar-refractivity contribution in [3.05, 3.63) is 20.8 Å². The molecule has 1 aromatic rings. The smallest absolute Gasteiger partial charge is 0.264 e. The summed E-state index contributed by atoms with van der Waals surface area (Å²) in [6, 6.07) is 3.63. The van der Waals surface area contributed by atoms with Gasteiger partial charge in [-0.25, -0.2) is 0 Å². The van der Waals surface area contributed by atoms with E-state index in [0.29, 0.717) is 10.6 Å². The van der Waals surface area contributed by atoms with E-state index < -0.39 is 10.8 Å². The standard InChI is InChI=1S/C16H23BrN2O3S2/c1-3-24(22)12-6-4-5-11(9-12)18-15(20)10-19(2)16(21)13-7-8-14(17)23-13/h7-8,11-12H,3-6,9-10H2,1-2H3,(H,18,20)/t11-,12-,24+/m1/s1. The third-order valence-corrected chi connectivity index (χ3v) is 7.51. The van der Waals surface area contributed by atoms with Crippen LogP contribution in [0.3, 0.4) is 0 Å². The number of nitrogens with zero attached hydrogens (tertiary/aromatic N) is 1. The van der Waals surface area contributed by atoms with E-state index in [1.165, 1.54) is 16.2 Å². The molecule has 134 valence electrons. The minimum atomic E-state index is -0.809. The van der Waals surface area contributed by atoms with Gasteiger partial charge >= 0.3 is 0 Å². The van der Waals surface area contributed by atoms with Crippen LogP contribution < -0.4 is 5.32 Å². The number of thiophene rings is 1. The number of nitrogens with one attached hydrogen (secondary N) is 1. The lowest BCUT2D eigenvalue weighted by atomic mass is 9.95. The van der Waals surface area contributed by atoms with E-state index in [2.05, 4.69) is 21.2 Å². The predicted molar refractivity (Wildman–Crippen MR) is 102 cm³/mol. The van der Waals surface area contributed by atoms with Crippen LogP contribution in [0.1, 0.15) is 42.3 Å². The first-order valence-electron chi connectivity index (χ1n) is 8.08. The number of carbonyl (C=O) groups is 2. The van der Waals surface area contributed by atoms with Gasteiger partial charge in [0.2, 0.25) is 5.91 Å². The van der Waals surface area contributed by atoms with Crippen LogP contribution in [0.15, 0.2) is 15.9 Å². The zero-order valence-electron chi connectivity index (χ0n) is 13.9. The van der Waals surface area contributed by atoms with E-state index in [4.69, 9.17) is 0 Å². The quantitative estimate of drug-likeness (QED) is 0.748. The Morgan fingerprint density at radius 2 is 2.17 bits per heavy atom. The van der Waals surface area contributed by atoms with Gasteiger partial charge in [-0.3, -0.25) is 13.8 Å². The second-order valence-corrected chi connectivity index (χ2v) is 10.5. The highest BCUT2D eigenvalue weighted by Gasteiger charge is 2.27. The molecule has 1 aromatic heterocycles. The molecule has 1 heterocycles. The SMILES string of the molecule is CC[S@](=O)[C@@H]1CCC[C@@H](NC(=O)CN(C)C(=O)c2ccc(Br)s2)C1. The fraction of sp³-hybridized carbons (Fsp3) is 0.625. The van der Waals surface area contributed by atoms with Crippen molar-refractivity contribution in [1.82, 2.24) is 10.2 Å². The number of carbonyl (C=O) groups excluding carboxylic acids is 2. The van der Waals surface area contributed by atoms with Crippen LogP contribution in [0.2, 0.25) is 0 Å². The van der Waals surface area contributed by atoms with Crippen molar-refractivity contribution in [2.24, 2.45) is 0 Å². The Labute approximate surface area is 157 Å². The van der Waals surface area contributed by atoms with Crippen molar-refractivity contribution >= 4 is 49.9 Å². The summed E-state index contributed by atoms with van der Waals surface area (Å²) in [6.07, 6.45) is 3.64. The highest BCUT2D eigenvalue weighted by atomic mass is 79.9. The molecule has 1 N–H and O–H groups in total. The number of amides is 2. The highest BCUT2D eigenvalue weighted by Crippen LogP contribution is 2.24. The maximum Gasteiger partial charge on any atom is 0.264 e. The molecule has 1 aliphatic rings. The Balaban J connectivity index is 1.84. The average Bonchev–Trinajstić information content (AvgIpc) is 2.99. The van der Waals surface area contributed by atoms with Gasteiger partial charge in [0, 0.05) is 34.9 Å². The zero-order chi connectivity index (χ0) is 17.7. The van der Waals surface area contributed by atoms with Gasteiger partial charge in [-0.1, -0.05) is 13.3 Å². The Kier molecular flexibility index (Phi) is 7.43. The third kappa shape index (κ3) is 5.39. The molecule has 1 aliphatic carbocycles. The monoisotopic (exact) mass is 434 g/mol. The number of rotatable bonds is 6. The largest absolute Gasteiger partial charge is 0.352 e. The van der Waals surface area contributed by atoms with Gasteiger partial charge in [-0.15, -0.1) is 11.3 Å². The maximum atomic E-state index is 12.3. The average molecular weight is 435 g/mol. The molecule has 24 heavy (non-hydrogen) atoms. The first-order chi connectivity index (χ1) is 11.4. The normalized spacial score (nSPS) is 22.0. The Bertz CT molecular complexity index is 620. The summed E-state index contributed by atoms with van der Waals surface area (Å²) in [4.78, 5) is 26.5. The van der Waals surface area contributed by atoms with E-state index in [1.807, 2.05) is 13.0 Å². The van der Waals surface area contributed by atoms with E-state index >= 15 is 0 Å². The first-order valence-corrected chi connectivity index (χ1v) is 11.1. The van der Waals surface area contributed by atoms with E-state index in [1.54, 1.807) is 13.1 Å². The molecule has 2 amide bonds. The van der Waals surface area contributed by atoms with Crippen LogP contribution >= 0.6 is 27.3 Å². The summed E-state index contributed by atoms with van der Waals surface area (Å²) in [7, 11) is 0.822. The molecule has 0 saturated heterocycles. The van der Waals surface area contributed by atoms with Gasteiger partial charge in [0.25, 0.3) is 5.91 Å². The minimum Gasteiger partial charge on any atom is -0.352 e. The van der Waals surface area contributed by atoms with Crippen molar-refractivity contribution in [2.45, 2.75) is 43.9 Å². The van der Waals surface area contributed by atoms with Crippen LogP contribution in [-0.2, 0) is 15.6 Å². The first kappa shape index (κ1) is 19.6. The molecule has 3 atom stereocenters. The summed E-state index contributed by atoms with van der Waals surface area (Å²) >= 11 is 4.69. The molecule has 1 saturated carbocycles. The minimum absolute atomic E-state index is 0.0341. The molecule has 5 nitrogen and oxygen atoms in total. The molecule has 0 unspecified atom stereocenters. The van der Waals surface area contributed by atoms with Crippen LogP contribution in [-0.4, -0.2) is 51.6 Å². The number of hydrogen-bond acceptors (Lipinski definition) is 4. The fourth-order valence-corrected chi connectivity index (χ4v) is 5.66. The molecular weight excluding hydrogens is 412 g/mol. The second-order valence-electron chi connectivity index (χ2n) is 5.99. The third-order valence-electron chi connectivity index (χ3n) is 4.16. The molecule has 0 bridgehead atoms. The van der Waals surface area contributed by atoms with Crippen LogP contribution in [0.25, 0.3) is 0 Å². The topological polar surface area (TPSA) is 66.5 Å². The van der Waals surface area contributed by atoms with Crippen LogP contribution in [0.5, 0.6) is 0 Å². The molecule has 1 fully saturated rings. The van der Waals surface area contributed by atoms with Gasteiger partial charge in [-0.05, 0) is 47.3 Å². The number of likely N-dealkylation sites (N-methyl/N-ethyl adjacent to an activating group) is 1. The van der Waals surface area contributed by atoms with E-state index in [0.717, 1.165) is 29.5 Å². The van der Waals surface area contributed by atoms with Crippen molar-refractivity contribution in [3.63, 3.8) is 0 Å². The lowest BCUT2D eigenvalue weighted by molar-refractivity contribution is -0.122. The summed E-state index contributed by atoms with van der Waals surface area (Å²) in [5.74, 6) is 0.350. The second kappa shape index (κ2) is 9.10. The lowest BCUT2D eigenvalue weighted by Crippen LogP contribution is -2.45. The predicted octanol–water partition coefficient (Wildman–Crippen LogP) is 2.78. The van der Waals surface area contributed by atoms with E-state index in [9.17, 15) is 13.8 Å². The van der Waals surface area contributed by atoms with Gasteiger partial charge in [0.1, 0.15) is 0 Å². The van der Waals surface area contributed by atoms with E-state index in [-0.39, 0.29) is 29.7 Å². The van der Waals surface area contributed by atoms with Gasteiger partial charge in [0.05, 0.1) is 15.2 Å². The maximum absolute atomic E-state index is 12.3. The van der Waals surface area contributed by atoms with Crippen LogP contribution in [0.4, 0.5) is 0 Å². The molecule has 0 aromatic carbocycles.